The second kappa shape index (κ2) is 5.35. The zero-order valence-corrected chi connectivity index (χ0v) is 11.8. The van der Waals surface area contributed by atoms with Crippen LogP contribution in [0.15, 0.2) is 24.3 Å². The van der Waals surface area contributed by atoms with E-state index in [2.05, 4.69) is 31.0 Å². The Morgan fingerprint density at radius 1 is 1.32 bits per heavy atom. The molecule has 0 aliphatic carbocycles. The summed E-state index contributed by atoms with van der Waals surface area (Å²) >= 11 is 0. The second-order valence-electron chi connectivity index (χ2n) is 4.69. The molecule has 0 saturated carbocycles. The van der Waals surface area contributed by atoms with Crippen LogP contribution in [-0.2, 0) is 0 Å². The molecule has 0 aliphatic heterocycles. The van der Waals surface area contributed by atoms with Crippen molar-refractivity contribution < 1.29 is 9.18 Å². The quantitative estimate of drug-likeness (QED) is 0.761. The molecule has 0 aliphatic rings. The van der Waals surface area contributed by atoms with Gasteiger partial charge in [0.05, 0.1) is 5.69 Å². The number of carbonyl (C=O) groups excluding carboxylic acids is 1. The number of hydrogen-bond acceptors (Lipinski definition) is 5. The van der Waals surface area contributed by atoms with E-state index in [1.807, 2.05) is 19.9 Å². The molecule has 2 heterocycles. The largest absolute Gasteiger partial charge is 0.288 e. The lowest BCUT2D eigenvalue weighted by Gasteiger charge is -2.07. The molecule has 0 unspecified atom stereocenters. The van der Waals surface area contributed by atoms with Crippen LogP contribution in [0.5, 0.6) is 0 Å². The van der Waals surface area contributed by atoms with E-state index in [4.69, 9.17) is 0 Å². The van der Waals surface area contributed by atoms with Crippen molar-refractivity contribution in [2.75, 3.05) is 5.32 Å². The second-order valence-corrected chi connectivity index (χ2v) is 4.69. The fraction of sp³-hybridized carbons (Fsp3) is 0.154. The molecule has 3 rings (SSSR count). The number of aromatic nitrogens is 6. The molecule has 0 saturated heterocycles. The number of H-pyrrole nitrogens is 1. The number of nitrogens with one attached hydrogen (secondary N) is 2. The molecule has 0 spiro atoms. The third kappa shape index (κ3) is 2.55. The van der Waals surface area contributed by atoms with Gasteiger partial charge in [-0.2, -0.15) is 10.3 Å². The van der Waals surface area contributed by atoms with Gasteiger partial charge < -0.3 is 0 Å². The molecule has 0 atom stereocenters. The number of tetrazole rings is 1. The lowest BCUT2D eigenvalue weighted by Crippen LogP contribution is -2.14. The molecule has 0 fully saturated rings. The average Bonchev–Trinajstić information content (AvgIpc) is 3.08. The number of hydrogen-bond donors (Lipinski definition) is 2. The first-order valence-corrected chi connectivity index (χ1v) is 6.42. The van der Waals surface area contributed by atoms with Gasteiger partial charge in [-0.25, -0.2) is 9.07 Å². The third-order valence-corrected chi connectivity index (χ3v) is 3.02. The van der Waals surface area contributed by atoms with Gasteiger partial charge >= 0.3 is 0 Å². The third-order valence-electron chi connectivity index (χ3n) is 3.02. The van der Waals surface area contributed by atoms with Crippen molar-refractivity contribution in [2.45, 2.75) is 13.8 Å². The molecule has 1 amide bonds. The first-order chi connectivity index (χ1) is 10.5. The SMILES string of the molecule is Cc1cc(C)n(-c2ccc(C(=O)Nc3nn[nH]n3)cc2F)n1. The van der Waals surface area contributed by atoms with Crippen LogP contribution >= 0.6 is 0 Å². The van der Waals surface area contributed by atoms with Gasteiger partial charge in [0.15, 0.2) is 0 Å². The Kier molecular flexibility index (Phi) is 3.37. The molecule has 0 radical (unpaired) electrons. The van der Waals surface area contributed by atoms with E-state index >= 15 is 0 Å². The molecule has 3 aromatic rings. The molecular weight excluding hydrogens is 289 g/mol. The number of aromatic amines is 1. The topological polar surface area (TPSA) is 101 Å². The standard InChI is InChI=1S/C13H12FN7O/c1-7-5-8(2)21(18-7)11-4-3-9(6-10(11)14)12(22)15-13-16-19-20-17-13/h3-6H,1-2H3,(H2,15,16,17,19,20,22). The fourth-order valence-corrected chi connectivity index (χ4v) is 2.08. The predicted molar refractivity (Wildman–Crippen MR) is 75.1 cm³/mol. The van der Waals surface area contributed by atoms with Crippen LogP contribution in [-0.4, -0.2) is 36.3 Å². The predicted octanol–water partition coefficient (Wildman–Crippen LogP) is 1.39. The number of benzene rings is 1. The highest BCUT2D eigenvalue weighted by Crippen LogP contribution is 2.18. The maximum atomic E-state index is 14.3. The summed E-state index contributed by atoms with van der Waals surface area (Å²) in [6.07, 6.45) is 0. The number of amides is 1. The van der Waals surface area contributed by atoms with E-state index in [0.717, 1.165) is 17.5 Å². The van der Waals surface area contributed by atoms with Gasteiger partial charge in [0.2, 0.25) is 0 Å². The van der Waals surface area contributed by atoms with Crippen LogP contribution < -0.4 is 5.32 Å². The Hall–Kier alpha value is -3.10. The summed E-state index contributed by atoms with van der Waals surface area (Å²) in [4.78, 5) is 12.0. The van der Waals surface area contributed by atoms with Gasteiger partial charge in [-0.1, -0.05) is 5.10 Å². The Balaban J connectivity index is 1.89. The van der Waals surface area contributed by atoms with Crippen LogP contribution in [0.1, 0.15) is 21.7 Å². The van der Waals surface area contributed by atoms with Gasteiger partial charge in [0, 0.05) is 11.3 Å². The van der Waals surface area contributed by atoms with E-state index in [9.17, 15) is 9.18 Å². The summed E-state index contributed by atoms with van der Waals surface area (Å²) in [5, 5.41) is 19.3. The molecule has 8 nitrogen and oxygen atoms in total. The summed E-state index contributed by atoms with van der Waals surface area (Å²) in [5.41, 5.74) is 2.02. The highest BCUT2D eigenvalue weighted by molar-refractivity contribution is 6.03. The first-order valence-electron chi connectivity index (χ1n) is 6.42. The van der Waals surface area contributed by atoms with E-state index in [1.165, 1.54) is 16.8 Å². The smallest absolute Gasteiger partial charge is 0.270 e. The number of halogens is 1. The number of nitrogens with zero attached hydrogens (tertiary/aromatic N) is 5. The van der Waals surface area contributed by atoms with Gasteiger partial charge in [-0.3, -0.25) is 10.1 Å². The van der Waals surface area contributed by atoms with Gasteiger partial charge in [0.25, 0.3) is 11.9 Å². The van der Waals surface area contributed by atoms with Crippen LogP contribution in [0.4, 0.5) is 10.3 Å². The molecule has 2 aromatic heterocycles. The van der Waals surface area contributed by atoms with Crippen LogP contribution in [0, 0.1) is 19.7 Å². The summed E-state index contributed by atoms with van der Waals surface area (Å²) in [6, 6.07) is 5.99. The van der Waals surface area contributed by atoms with Crippen LogP contribution in [0.3, 0.4) is 0 Å². The van der Waals surface area contributed by atoms with E-state index in [0.29, 0.717) is 0 Å². The number of aryl methyl sites for hydroxylation is 2. The fourth-order valence-electron chi connectivity index (χ4n) is 2.08. The Morgan fingerprint density at radius 2 is 2.14 bits per heavy atom. The zero-order chi connectivity index (χ0) is 15.7. The Morgan fingerprint density at radius 3 is 2.73 bits per heavy atom. The van der Waals surface area contributed by atoms with Crippen molar-refractivity contribution in [2.24, 2.45) is 0 Å². The highest BCUT2D eigenvalue weighted by atomic mass is 19.1. The van der Waals surface area contributed by atoms with E-state index < -0.39 is 11.7 Å². The summed E-state index contributed by atoms with van der Waals surface area (Å²) in [5.74, 6) is -1.06. The maximum Gasteiger partial charge on any atom is 0.270 e. The molecular formula is C13H12FN7O. The van der Waals surface area contributed by atoms with Crippen molar-refractivity contribution in [3.63, 3.8) is 0 Å². The van der Waals surface area contributed by atoms with Gasteiger partial charge in [-0.05, 0) is 43.3 Å². The molecule has 112 valence electrons. The minimum absolute atomic E-state index is 0.0213. The Bertz CT molecular complexity index is 825. The molecule has 22 heavy (non-hydrogen) atoms. The van der Waals surface area contributed by atoms with Crippen LogP contribution in [0.2, 0.25) is 0 Å². The van der Waals surface area contributed by atoms with Crippen molar-refractivity contribution in [3.8, 4) is 5.69 Å². The van der Waals surface area contributed by atoms with Gasteiger partial charge in [0.1, 0.15) is 11.5 Å². The lowest BCUT2D eigenvalue weighted by molar-refractivity contribution is 0.102. The summed E-state index contributed by atoms with van der Waals surface area (Å²) in [6.45, 7) is 3.66. The normalized spacial score (nSPS) is 10.7. The number of anilines is 1. The highest BCUT2D eigenvalue weighted by Gasteiger charge is 2.14. The minimum atomic E-state index is -0.549. The number of carbonyl (C=O) groups is 1. The van der Waals surface area contributed by atoms with Crippen molar-refractivity contribution in [1.82, 2.24) is 30.4 Å². The van der Waals surface area contributed by atoms with Crippen molar-refractivity contribution in [1.29, 1.82) is 0 Å². The van der Waals surface area contributed by atoms with E-state index in [-0.39, 0.29) is 17.2 Å². The summed E-state index contributed by atoms with van der Waals surface area (Å²) in [7, 11) is 0. The lowest BCUT2D eigenvalue weighted by atomic mass is 10.2. The monoisotopic (exact) mass is 301 g/mol. The first kappa shape index (κ1) is 13.9. The van der Waals surface area contributed by atoms with Crippen molar-refractivity contribution >= 4 is 11.9 Å². The number of rotatable bonds is 3. The average molecular weight is 301 g/mol. The minimum Gasteiger partial charge on any atom is -0.288 e. The van der Waals surface area contributed by atoms with E-state index in [1.54, 1.807) is 0 Å². The van der Waals surface area contributed by atoms with Gasteiger partial charge in [-0.15, -0.1) is 5.10 Å². The van der Waals surface area contributed by atoms with Crippen molar-refractivity contribution in [3.05, 3.63) is 47.0 Å². The molecule has 9 heteroatoms. The maximum absolute atomic E-state index is 14.3. The van der Waals surface area contributed by atoms with Crippen LogP contribution in [0.25, 0.3) is 5.69 Å². The molecule has 2 N–H and O–H groups in total. The zero-order valence-electron chi connectivity index (χ0n) is 11.8. The molecule has 0 bridgehead atoms. The molecule has 1 aromatic carbocycles. The Labute approximate surface area is 124 Å². The summed E-state index contributed by atoms with van der Waals surface area (Å²) < 4.78 is 15.8.